The van der Waals surface area contributed by atoms with Crippen molar-refractivity contribution in [3.05, 3.63) is 82.9 Å². The molecule has 3 aromatic rings. The maximum Gasteiger partial charge on any atom is 0.349 e. The molecular formula is C24H22O5. The number of hydrogen-bond acceptors (Lipinski definition) is 4. The lowest BCUT2D eigenvalue weighted by Crippen LogP contribution is -2.39. The molecule has 0 bridgehead atoms. The molecule has 4 rings (SSSR count). The second kappa shape index (κ2) is 7.51. The van der Waals surface area contributed by atoms with Gasteiger partial charge >= 0.3 is 5.97 Å². The third-order valence-corrected chi connectivity index (χ3v) is 5.08. The summed E-state index contributed by atoms with van der Waals surface area (Å²) in [6, 6.07) is 18.4. The van der Waals surface area contributed by atoms with Gasteiger partial charge in [0.1, 0.15) is 11.5 Å². The second-order valence-corrected chi connectivity index (χ2v) is 7.24. The molecule has 1 aliphatic heterocycles. The van der Waals surface area contributed by atoms with Gasteiger partial charge in [-0.2, -0.15) is 0 Å². The van der Waals surface area contributed by atoms with Crippen molar-refractivity contribution in [1.82, 2.24) is 0 Å². The first-order chi connectivity index (χ1) is 13.9. The van der Waals surface area contributed by atoms with Crippen LogP contribution in [0.15, 0.2) is 60.7 Å². The fourth-order valence-electron chi connectivity index (χ4n) is 3.42. The van der Waals surface area contributed by atoms with E-state index in [4.69, 9.17) is 14.2 Å². The number of aryl methyl sites for hydroxylation is 2. The SMILES string of the molecule is Cc1cc(C)c(C)c(Oc2ccc(C3Oc4ccccc4OC3C(=O)O)cc2)c1. The average Bonchev–Trinajstić information content (AvgIpc) is 2.71. The van der Waals surface area contributed by atoms with Gasteiger partial charge in [-0.25, -0.2) is 4.79 Å². The summed E-state index contributed by atoms with van der Waals surface area (Å²) < 4.78 is 17.7. The van der Waals surface area contributed by atoms with Crippen LogP contribution in [0.25, 0.3) is 0 Å². The molecule has 0 spiro atoms. The minimum Gasteiger partial charge on any atom is -0.478 e. The van der Waals surface area contributed by atoms with Crippen molar-refractivity contribution in [2.24, 2.45) is 0 Å². The van der Waals surface area contributed by atoms with Gasteiger partial charge in [-0.1, -0.05) is 30.3 Å². The van der Waals surface area contributed by atoms with Gasteiger partial charge in [-0.05, 0) is 73.4 Å². The van der Waals surface area contributed by atoms with Gasteiger partial charge in [0.25, 0.3) is 0 Å². The Bertz CT molecular complexity index is 1060. The minimum atomic E-state index is -1.13. The number of ether oxygens (including phenoxy) is 3. The highest BCUT2D eigenvalue weighted by molar-refractivity contribution is 5.75. The Hall–Kier alpha value is -3.47. The topological polar surface area (TPSA) is 65.0 Å². The fraction of sp³-hybridized carbons (Fsp3) is 0.208. The standard InChI is InChI=1S/C24H22O5/c1-14-12-15(2)16(3)21(13-14)27-18-10-8-17(9-11-18)22-23(24(25)26)29-20-7-5-4-6-19(20)28-22/h4-13,22-23H,1-3H3,(H,25,26). The molecule has 0 aliphatic carbocycles. The molecule has 0 aromatic heterocycles. The maximum atomic E-state index is 11.7. The van der Waals surface area contributed by atoms with Crippen molar-refractivity contribution in [3.63, 3.8) is 0 Å². The zero-order chi connectivity index (χ0) is 20.5. The first-order valence-electron chi connectivity index (χ1n) is 9.43. The molecule has 29 heavy (non-hydrogen) atoms. The number of benzene rings is 3. The average molecular weight is 390 g/mol. The number of carboxylic acid groups (broad SMARTS) is 1. The smallest absolute Gasteiger partial charge is 0.349 e. The van der Waals surface area contributed by atoms with Crippen LogP contribution < -0.4 is 14.2 Å². The third-order valence-electron chi connectivity index (χ3n) is 5.08. The summed E-state index contributed by atoms with van der Waals surface area (Å²) in [5, 5.41) is 9.60. The molecule has 5 heteroatoms. The van der Waals surface area contributed by atoms with E-state index in [1.165, 1.54) is 5.56 Å². The quantitative estimate of drug-likeness (QED) is 0.649. The van der Waals surface area contributed by atoms with E-state index in [0.717, 1.165) is 16.9 Å². The normalized spacial score (nSPS) is 17.6. The number of rotatable bonds is 4. The maximum absolute atomic E-state index is 11.7. The number of fused-ring (bicyclic) bond motifs is 1. The number of carboxylic acids is 1. The molecule has 0 amide bonds. The largest absolute Gasteiger partial charge is 0.478 e. The fourth-order valence-corrected chi connectivity index (χ4v) is 3.42. The molecular weight excluding hydrogens is 368 g/mol. The number of para-hydroxylation sites is 2. The Morgan fingerprint density at radius 2 is 1.59 bits per heavy atom. The van der Waals surface area contributed by atoms with Crippen LogP contribution in [0.2, 0.25) is 0 Å². The Labute approximate surface area is 169 Å². The van der Waals surface area contributed by atoms with E-state index in [1.807, 2.05) is 50.2 Å². The highest BCUT2D eigenvalue weighted by atomic mass is 16.6. The van der Waals surface area contributed by atoms with Gasteiger partial charge < -0.3 is 19.3 Å². The molecule has 0 radical (unpaired) electrons. The van der Waals surface area contributed by atoms with Gasteiger partial charge in [-0.3, -0.25) is 0 Å². The Kier molecular flexibility index (Phi) is 4.89. The number of carbonyl (C=O) groups is 1. The van der Waals surface area contributed by atoms with Gasteiger partial charge in [0, 0.05) is 0 Å². The van der Waals surface area contributed by atoms with Crippen LogP contribution in [0.5, 0.6) is 23.0 Å². The molecule has 2 atom stereocenters. The van der Waals surface area contributed by atoms with Crippen LogP contribution >= 0.6 is 0 Å². The van der Waals surface area contributed by atoms with E-state index in [0.29, 0.717) is 22.8 Å². The van der Waals surface area contributed by atoms with E-state index >= 15 is 0 Å². The predicted molar refractivity (Wildman–Crippen MR) is 109 cm³/mol. The summed E-state index contributed by atoms with van der Waals surface area (Å²) in [6.45, 7) is 6.12. The highest BCUT2D eigenvalue weighted by Gasteiger charge is 2.38. The van der Waals surface area contributed by atoms with Gasteiger partial charge in [0.2, 0.25) is 6.10 Å². The summed E-state index contributed by atoms with van der Waals surface area (Å²) in [4.78, 5) is 11.7. The Balaban J connectivity index is 1.59. The Morgan fingerprint density at radius 3 is 2.24 bits per heavy atom. The van der Waals surface area contributed by atoms with E-state index in [9.17, 15) is 9.90 Å². The van der Waals surface area contributed by atoms with Crippen LogP contribution in [-0.2, 0) is 4.79 Å². The summed E-state index contributed by atoms with van der Waals surface area (Å²) in [5.41, 5.74) is 4.10. The van der Waals surface area contributed by atoms with Gasteiger partial charge in [-0.15, -0.1) is 0 Å². The van der Waals surface area contributed by atoms with Gasteiger partial charge in [0.15, 0.2) is 17.6 Å². The summed E-state index contributed by atoms with van der Waals surface area (Å²) in [7, 11) is 0. The molecule has 1 aliphatic rings. The van der Waals surface area contributed by atoms with Crippen molar-refractivity contribution >= 4 is 5.97 Å². The van der Waals surface area contributed by atoms with Crippen LogP contribution in [-0.4, -0.2) is 17.2 Å². The zero-order valence-corrected chi connectivity index (χ0v) is 16.5. The highest BCUT2D eigenvalue weighted by Crippen LogP contribution is 2.40. The van der Waals surface area contributed by atoms with E-state index in [2.05, 4.69) is 13.0 Å². The van der Waals surface area contributed by atoms with Crippen molar-refractivity contribution in [3.8, 4) is 23.0 Å². The molecule has 3 aromatic carbocycles. The predicted octanol–water partition coefficient (Wildman–Crippen LogP) is 5.37. The molecule has 0 saturated carbocycles. The number of aliphatic carboxylic acids is 1. The molecule has 5 nitrogen and oxygen atoms in total. The van der Waals surface area contributed by atoms with E-state index in [-0.39, 0.29) is 0 Å². The molecule has 2 unspecified atom stereocenters. The lowest BCUT2D eigenvalue weighted by atomic mass is 10.0. The van der Waals surface area contributed by atoms with E-state index in [1.54, 1.807) is 18.2 Å². The van der Waals surface area contributed by atoms with Crippen LogP contribution in [0.3, 0.4) is 0 Å². The molecule has 0 saturated heterocycles. The summed E-state index contributed by atoms with van der Waals surface area (Å²) >= 11 is 0. The lowest BCUT2D eigenvalue weighted by Gasteiger charge is -2.31. The minimum absolute atomic E-state index is 0.432. The summed E-state index contributed by atoms with van der Waals surface area (Å²) in [6.07, 6.45) is -1.88. The van der Waals surface area contributed by atoms with Crippen LogP contribution in [0.4, 0.5) is 0 Å². The zero-order valence-electron chi connectivity index (χ0n) is 16.5. The molecule has 0 fully saturated rings. The first kappa shape index (κ1) is 18.9. The monoisotopic (exact) mass is 390 g/mol. The van der Waals surface area contributed by atoms with E-state index < -0.39 is 18.2 Å². The van der Waals surface area contributed by atoms with Crippen LogP contribution in [0.1, 0.15) is 28.4 Å². The van der Waals surface area contributed by atoms with Gasteiger partial charge in [0.05, 0.1) is 0 Å². The van der Waals surface area contributed by atoms with Crippen molar-refractivity contribution < 1.29 is 24.1 Å². The third kappa shape index (κ3) is 3.76. The first-order valence-corrected chi connectivity index (χ1v) is 9.43. The molecule has 1 heterocycles. The summed E-state index contributed by atoms with van der Waals surface area (Å²) in [5.74, 6) is 1.37. The second-order valence-electron chi connectivity index (χ2n) is 7.24. The Morgan fingerprint density at radius 1 is 0.931 bits per heavy atom. The van der Waals surface area contributed by atoms with Crippen LogP contribution in [0, 0.1) is 20.8 Å². The van der Waals surface area contributed by atoms with Crippen molar-refractivity contribution in [2.75, 3.05) is 0 Å². The molecule has 1 N–H and O–H groups in total. The van der Waals surface area contributed by atoms with Crippen molar-refractivity contribution in [2.45, 2.75) is 33.0 Å². The number of hydrogen-bond donors (Lipinski definition) is 1. The lowest BCUT2D eigenvalue weighted by molar-refractivity contribution is -0.151. The molecule has 148 valence electrons. The van der Waals surface area contributed by atoms with Crippen molar-refractivity contribution in [1.29, 1.82) is 0 Å².